The first-order valence-corrected chi connectivity index (χ1v) is 10.1. The van der Waals surface area contributed by atoms with E-state index in [0.717, 1.165) is 29.4 Å². The molecule has 3 aromatic rings. The molecule has 1 aromatic heterocycles. The van der Waals surface area contributed by atoms with Crippen molar-refractivity contribution in [3.05, 3.63) is 83.3 Å². The number of furan rings is 1. The number of hydrogen-bond donors (Lipinski definition) is 1. The maximum atomic E-state index is 10.6. The van der Waals surface area contributed by atoms with E-state index in [9.17, 15) is 5.11 Å². The van der Waals surface area contributed by atoms with Gasteiger partial charge >= 0.3 is 0 Å². The van der Waals surface area contributed by atoms with Gasteiger partial charge in [0.05, 0.1) is 19.0 Å². The number of ether oxygens (including phenoxy) is 3. The Morgan fingerprint density at radius 2 is 1.90 bits per heavy atom. The highest BCUT2D eigenvalue weighted by Crippen LogP contribution is 2.33. The van der Waals surface area contributed by atoms with Crippen molar-refractivity contribution >= 4 is 0 Å². The third-order valence-corrected chi connectivity index (χ3v) is 5.10. The molecule has 1 aliphatic rings. The van der Waals surface area contributed by atoms with Crippen molar-refractivity contribution in [2.24, 2.45) is 0 Å². The number of fused-ring (bicyclic) bond motifs is 1. The number of aliphatic hydroxyl groups is 1. The largest absolute Gasteiger partial charge is 0.467 e. The lowest BCUT2D eigenvalue weighted by molar-refractivity contribution is 0.00250. The lowest BCUT2D eigenvalue weighted by Gasteiger charge is -2.26. The van der Waals surface area contributed by atoms with E-state index in [0.29, 0.717) is 19.7 Å². The van der Waals surface area contributed by atoms with Crippen molar-refractivity contribution < 1.29 is 23.7 Å². The van der Waals surface area contributed by atoms with Crippen molar-refractivity contribution in [1.29, 1.82) is 0 Å². The van der Waals surface area contributed by atoms with E-state index in [4.69, 9.17) is 18.6 Å². The molecule has 0 fully saturated rings. The summed E-state index contributed by atoms with van der Waals surface area (Å²) in [4.78, 5) is 2.22. The topological polar surface area (TPSA) is 64.3 Å². The highest BCUT2D eigenvalue weighted by Gasteiger charge is 2.17. The molecule has 158 valence electrons. The van der Waals surface area contributed by atoms with Gasteiger partial charge in [-0.3, -0.25) is 4.90 Å². The molecule has 0 saturated carbocycles. The molecule has 0 amide bonds. The predicted molar refractivity (Wildman–Crippen MR) is 112 cm³/mol. The Morgan fingerprint density at radius 3 is 2.73 bits per heavy atom. The molecule has 0 bridgehead atoms. The van der Waals surface area contributed by atoms with Crippen LogP contribution >= 0.6 is 0 Å². The van der Waals surface area contributed by atoms with E-state index < -0.39 is 6.10 Å². The second kappa shape index (κ2) is 9.80. The van der Waals surface area contributed by atoms with Gasteiger partial charge in [-0.05, 0) is 47.9 Å². The summed E-state index contributed by atoms with van der Waals surface area (Å²) in [5.41, 5.74) is 3.58. The Kier molecular flexibility index (Phi) is 6.69. The Balaban J connectivity index is 1.40. The van der Waals surface area contributed by atoms with Crippen LogP contribution < -0.4 is 9.47 Å². The molecule has 1 unspecified atom stereocenters. The minimum Gasteiger partial charge on any atom is -0.467 e. The summed E-state index contributed by atoms with van der Waals surface area (Å²) in [5, 5.41) is 10.6. The number of aryl methyl sites for hydroxylation is 1. The van der Waals surface area contributed by atoms with E-state index in [1.54, 1.807) is 6.26 Å². The Labute approximate surface area is 176 Å². The SMILES string of the molecule is Cc1ccccc1CN(Cc1ccc2c(c1)OCO2)CC(O)COCc1ccco1. The van der Waals surface area contributed by atoms with E-state index in [1.807, 2.05) is 42.5 Å². The van der Waals surface area contributed by atoms with Crippen molar-refractivity contribution in [3.63, 3.8) is 0 Å². The van der Waals surface area contributed by atoms with Crippen molar-refractivity contribution in [1.82, 2.24) is 4.90 Å². The smallest absolute Gasteiger partial charge is 0.231 e. The summed E-state index contributed by atoms with van der Waals surface area (Å²) in [5.74, 6) is 2.29. The first-order chi connectivity index (χ1) is 14.7. The minimum atomic E-state index is -0.613. The molecule has 0 spiro atoms. The second-order valence-corrected chi connectivity index (χ2v) is 7.53. The van der Waals surface area contributed by atoms with Gasteiger partial charge in [0.1, 0.15) is 12.4 Å². The standard InChI is InChI=1S/C24H27NO5/c1-18-5-2-3-6-20(18)13-25(12-19-8-9-23-24(11-19)30-17-29-23)14-21(26)15-27-16-22-7-4-10-28-22/h2-11,21,26H,12-17H2,1H3. The number of aliphatic hydroxyl groups excluding tert-OH is 1. The highest BCUT2D eigenvalue weighted by molar-refractivity contribution is 5.44. The van der Waals surface area contributed by atoms with Crippen LogP contribution in [0.5, 0.6) is 11.5 Å². The van der Waals surface area contributed by atoms with Crippen molar-refractivity contribution in [2.75, 3.05) is 19.9 Å². The predicted octanol–water partition coefficient (Wildman–Crippen LogP) is 3.90. The minimum absolute atomic E-state index is 0.242. The molecule has 1 atom stereocenters. The molecule has 4 rings (SSSR count). The fourth-order valence-corrected chi connectivity index (χ4v) is 3.55. The fraction of sp³-hybridized carbons (Fsp3) is 0.333. The zero-order chi connectivity index (χ0) is 20.8. The van der Waals surface area contributed by atoms with Gasteiger partial charge in [-0.2, -0.15) is 0 Å². The fourth-order valence-electron chi connectivity index (χ4n) is 3.55. The molecular formula is C24H27NO5. The lowest BCUT2D eigenvalue weighted by atomic mass is 10.1. The third-order valence-electron chi connectivity index (χ3n) is 5.10. The van der Waals surface area contributed by atoms with Gasteiger partial charge in [0.15, 0.2) is 11.5 Å². The summed E-state index contributed by atoms with van der Waals surface area (Å²) in [6.07, 6.45) is 1.00. The Hall–Kier alpha value is -2.80. The van der Waals surface area contributed by atoms with Crippen LogP contribution in [0.15, 0.2) is 65.3 Å². The van der Waals surface area contributed by atoms with Gasteiger partial charge in [-0.25, -0.2) is 0 Å². The van der Waals surface area contributed by atoms with E-state index in [2.05, 4.69) is 24.0 Å². The molecule has 2 heterocycles. The molecular weight excluding hydrogens is 382 g/mol. The number of benzene rings is 2. The highest BCUT2D eigenvalue weighted by atomic mass is 16.7. The first kappa shape index (κ1) is 20.5. The van der Waals surface area contributed by atoms with Crippen LogP contribution in [0.4, 0.5) is 0 Å². The van der Waals surface area contributed by atoms with Crippen LogP contribution in [0.1, 0.15) is 22.5 Å². The quantitative estimate of drug-likeness (QED) is 0.548. The monoisotopic (exact) mass is 409 g/mol. The van der Waals surface area contributed by atoms with Crippen LogP contribution in [0.25, 0.3) is 0 Å². The van der Waals surface area contributed by atoms with Crippen LogP contribution in [0.2, 0.25) is 0 Å². The van der Waals surface area contributed by atoms with Crippen LogP contribution in [0.3, 0.4) is 0 Å². The van der Waals surface area contributed by atoms with Crippen LogP contribution in [0, 0.1) is 6.92 Å². The molecule has 30 heavy (non-hydrogen) atoms. The van der Waals surface area contributed by atoms with Crippen molar-refractivity contribution in [3.8, 4) is 11.5 Å². The maximum Gasteiger partial charge on any atom is 0.231 e. The van der Waals surface area contributed by atoms with Gasteiger partial charge in [-0.1, -0.05) is 30.3 Å². The first-order valence-electron chi connectivity index (χ1n) is 10.1. The average molecular weight is 409 g/mol. The molecule has 2 aromatic carbocycles. The maximum absolute atomic E-state index is 10.6. The molecule has 0 aliphatic carbocycles. The van der Waals surface area contributed by atoms with Gasteiger partial charge < -0.3 is 23.7 Å². The Morgan fingerprint density at radius 1 is 1.03 bits per heavy atom. The molecule has 0 saturated heterocycles. The number of hydrogen-bond acceptors (Lipinski definition) is 6. The average Bonchev–Trinajstić information content (AvgIpc) is 3.41. The summed E-state index contributed by atoms with van der Waals surface area (Å²) >= 11 is 0. The molecule has 1 aliphatic heterocycles. The number of rotatable bonds is 10. The molecule has 6 heteroatoms. The summed E-state index contributed by atoms with van der Waals surface area (Å²) in [7, 11) is 0. The number of nitrogens with zero attached hydrogens (tertiary/aromatic N) is 1. The molecule has 6 nitrogen and oxygen atoms in total. The lowest BCUT2D eigenvalue weighted by Crippen LogP contribution is -2.34. The van der Waals surface area contributed by atoms with Gasteiger partial charge in [0, 0.05) is 19.6 Å². The third kappa shape index (κ3) is 5.42. The van der Waals surface area contributed by atoms with Gasteiger partial charge in [0.2, 0.25) is 6.79 Å². The zero-order valence-electron chi connectivity index (χ0n) is 17.1. The van der Waals surface area contributed by atoms with E-state index in [-0.39, 0.29) is 13.4 Å². The van der Waals surface area contributed by atoms with Gasteiger partial charge in [-0.15, -0.1) is 0 Å². The van der Waals surface area contributed by atoms with Crippen LogP contribution in [-0.4, -0.2) is 36.1 Å². The zero-order valence-corrected chi connectivity index (χ0v) is 17.1. The second-order valence-electron chi connectivity index (χ2n) is 7.53. The van der Waals surface area contributed by atoms with Gasteiger partial charge in [0.25, 0.3) is 0 Å². The molecule has 0 radical (unpaired) electrons. The van der Waals surface area contributed by atoms with E-state index >= 15 is 0 Å². The van der Waals surface area contributed by atoms with E-state index in [1.165, 1.54) is 11.1 Å². The molecule has 1 N–H and O–H groups in total. The Bertz CT molecular complexity index is 941. The van der Waals surface area contributed by atoms with Crippen LogP contribution in [-0.2, 0) is 24.4 Å². The summed E-state index contributed by atoms with van der Waals surface area (Å²) in [6.45, 7) is 4.86. The summed E-state index contributed by atoms with van der Waals surface area (Å²) < 4.78 is 21.8. The normalized spacial score (nSPS) is 13.7. The van der Waals surface area contributed by atoms with Crippen molar-refractivity contribution in [2.45, 2.75) is 32.7 Å². The summed E-state index contributed by atoms with van der Waals surface area (Å²) in [6, 6.07) is 18.0.